The summed E-state index contributed by atoms with van der Waals surface area (Å²) in [6, 6.07) is 11.8. The predicted octanol–water partition coefficient (Wildman–Crippen LogP) is 3.68. The van der Waals surface area contributed by atoms with Crippen LogP contribution in [0.1, 0.15) is 53.1 Å². The van der Waals surface area contributed by atoms with Gasteiger partial charge in [0, 0.05) is 30.9 Å². The second kappa shape index (κ2) is 9.04. The minimum Gasteiger partial charge on any atom is -0.371 e. The van der Waals surface area contributed by atoms with E-state index in [1.54, 1.807) is 0 Å². The highest BCUT2D eigenvalue weighted by atomic mass is 32.1. The quantitative estimate of drug-likeness (QED) is 0.797. The third kappa shape index (κ3) is 4.89. The summed E-state index contributed by atoms with van der Waals surface area (Å²) in [5, 5.41) is 8.10. The van der Waals surface area contributed by atoms with Crippen LogP contribution in [0.5, 0.6) is 0 Å². The van der Waals surface area contributed by atoms with Gasteiger partial charge < -0.3 is 15.5 Å². The van der Waals surface area contributed by atoms with Crippen molar-refractivity contribution in [3.63, 3.8) is 0 Å². The molecule has 0 saturated carbocycles. The summed E-state index contributed by atoms with van der Waals surface area (Å²) < 4.78 is 0. The van der Waals surface area contributed by atoms with Gasteiger partial charge in [0.1, 0.15) is 0 Å². The molecule has 1 aliphatic heterocycles. The number of hydrogen-bond acceptors (Lipinski definition) is 4. The van der Waals surface area contributed by atoms with Crippen LogP contribution in [-0.4, -0.2) is 37.0 Å². The minimum absolute atomic E-state index is 0.0109. The van der Waals surface area contributed by atoms with Crippen molar-refractivity contribution in [1.29, 1.82) is 0 Å². The summed E-state index contributed by atoms with van der Waals surface area (Å²) in [5.41, 5.74) is 1.69. The van der Waals surface area contributed by atoms with Crippen LogP contribution in [0, 0.1) is 0 Å². The zero-order chi connectivity index (χ0) is 19.2. The van der Waals surface area contributed by atoms with Gasteiger partial charge in [-0.3, -0.25) is 9.59 Å². The fourth-order valence-electron chi connectivity index (χ4n) is 3.27. The Morgan fingerprint density at radius 1 is 1.15 bits per heavy atom. The summed E-state index contributed by atoms with van der Waals surface area (Å²) in [6.45, 7) is 5.72. The zero-order valence-electron chi connectivity index (χ0n) is 15.9. The van der Waals surface area contributed by atoms with Crippen molar-refractivity contribution < 1.29 is 9.59 Å². The Morgan fingerprint density at radius 3 is 2.56 bits per heavy atom. The van der Waals surface area contributed by atoms with Crippen LogP contribution < -0.4 is 15.5 Å². The van der Waals surface area contributed by atoms with Crippen LogP contribution in [0.4, 0.5) is 5.69 Å². The Bertz CT molecular complexity index is 767. The van der Waals surface area contributed by atoms with Crippen LogP contribution in [0.3, 0.4) is 0 Å². The van der Waals surface area contributed by atoms with Gasteiger partial charge in [-0.25, -0.2) is 0 Å². The molecule has 27 heavy (non-hydrogen) atoms. The van der Waals surface area contributed by atoms with Crippen molar-refractivity contribution in [3.8, 4) is 0 Å². The van der Waals surface area contributed by atoms with Gasteiger partial charge in [-0.1, -0.05) is 25.1 Å². The van der Waals surface area contributed by atoms with Crippen LogP contribution in [0.2, 0.25) is 0 Å². The largest absolute Gasteiger partial charge is 0.371 e. The van der Waals surface area contributed by atoms with Gasteiger partial charge in [-0.15, -0.1) is 11.3 Å². The molecule has 0 radical (unpaired) electrons. The van der Waals surface area contributed by atoms with Crippen molar-refractivity contribution in [2.75, 3.05) is 18.0 Å². The van der Waals surface area contributed by atoms with Crippen LogP contribution in [0.15, 0.2) is 41.8 Å². The van der Waals surface area contributed by atoms with E-state index in [1.165, 1.54) is 11.3 Å². The van der Waals surface area contributed by atoms with Gasteiger partial charge in [0.15, 0.2) is 0 Å². The molecule has 1 saturated heterocycles. The first-order valence-corrected chi connectivity index (χ1v) is 10.5. The molecule has 1 aromatic carbocycles. The van der Waals surface area contributed by atoms with E-state index >= 15 is 0 Å². The SMILES string of the molecule is CCC(C)NC(=O)c1ccccc1N1CCC(NC(=O)c2cccs2)CC1. The monoisotopic (exact) mass is 385 g/mol. The molecule has 2 amide bonds. The predicted molar refractivity (Wildman–Crippen MR) is 111 cm³/mol. The molecular formula is C21H27N3O2S. The maximum Gasteiger partial charge on any atom is 0.261 e. The van der Waals surface area contributed by atoms with Gasteiger partial charge in [-0.2, -0.15) is 0 Å². The molecule has 2 N–H and O–H groups in total. The van der Waals surface area contributed by atoms with E-state index in [2.05, 4.69) is 22.5 Å². The topological polar surface area (TPSA) is 61.4 Å². The molecule has 5 nitrogen and oxygen atoms in total. The average Bonchev–Trinajstić information content (AvgIpc) is 3.23. The lowest BCUT2D eigenvalue weighted by Gasteiger charge is -2.35. The van der Waals surface area contributed by atoms with Crippen molar-refractivity contribution in [3.05, 3.63) is 52.2 Å². The molecule has 0 bridgehead atoms. The molecule has 2 aromatic rings. The molecule has 1 fully saturated rings. The van der Waals surface area contributed by atoms with Crippen molar-refractivity contribution in [2.45, 2.75) is 45.2 Å². The number of carbonyl (C=O) groups excluding carboxylic acids is 2. The molecular weight excluding hydrogens is 358 g/mol. The Hall–Kier alpha value is -2.34. The summed E-state index contributed by atoms with van der Waals surface area (Å²) in [7, 11) is 0. The first kappa shape index (κ1) is 19.4. The number of para-hydroxylation sites is 1. The van der Waals surface area contributed by atoms with Gasteiger partial charge in [0.2, 0.25) is 0 Å². The second-order valence-electron chi connectivity index (χ2n) is 7.01. The lowest BCUT2D eigenvalue weighted by Crippen LogP contribution is -2.45. The normalized spacial score (nSPS) is 16.0. The van der Waals surface area contributed by atoms with E-state index in [0.717, 1.165) is 48.5 Å². The highest BCUT2D eigenvalue weighted by Gasteiger charge is 2.24. The molecule has 0 spiro atoms. The molecule has 6 heteroatoms. The maximum atomic E-state index is 12.6. The minimum atomic E-state index is -0.0203. The van der Waals surface area contributed by atoms with E-state index in [1.807, 2.05) is 48.7 Å². The molecule has 2 heterocycles. The number of anilines is 1. The van der Waals surface area contributed by atoms with Gasteiger partial charge in [0.25, 0.3) is 11.8 Å². The number of piperidine rings is 1. The van der Waals surface area contributed by atoms with E-state index in [-0.39, 0.29) is 23.9 Å². The number of thiophene rings is 1. The lowest BCUT2D eigenvalue weighted by atomic mass is 10.0. The molecule has 1 atom stereocenters. The number of benzene rings is 1. The standard InChI is InChI=1S/C21H27N3O2S/c1-3-15(2)22-20(25)17-7-4-5-8-18(17)24-12-10-16(11-13-24)23-21(26)19-9-6-14-27-19/h4-9,14-16H,3,10-13H2,1-2H3,(H,22,25)(H,23,26). The molecule has 1 aromatic heterocycles. The van der Waals surface area contributed by atoms with Crippen LogP contribution in [0.25, 0.3) is 0 Å². The van der Waals surface area contributed by atoms with E-state index < -0.39 is 0 Å². The van der Waals surface area contributed by atoms with Gasteiger partial charge >= 0.3 is 0 Å². The Morgan fingerprint density at radius 2 is 1.89 bits per heavy atom. The Kier molecular flexibility index (Phi) is 6.50. The van der Waals surface area contributed by atoms with E-state index in [0.29, 0.717) is 0 Å². The van der Waals surface area contributed by atoms with Crippen molar-refractivity contribution in [2.24, 2.45) is 0 Å². The highest BCUT2D eigenvalue weighted by molar-refractivity contribution is 7.12. The first-order chi connectivity index (χ1) is 13.1. The second-order valence-corrected chi connectivity index (χ2v) is 7.96. The number of nitrogens with one attached hydrogen (secondary N) is 2. The number of nitrogens with zero attached hydrogens (tertiary/aromatic N) is 1. The summed E-state index contributed by atoms with van der Waals surface area (Å²) in [4.78, 5) is 27.9. The molecule has 1 unspecified atom stereocenters. The molecule has 3 rings (SSSR count). The fourth-order valence-corrected chi connectivity index (χ4v) is 3.90. The third-order valence-corrected chi connectivity index (χ3v) is 5.92. The third-order valence-electron chi connectivity index (χ3n) is 5.05. The summed E-state index contributed by atoms with van der Waals surface area (Å²) in [6.07, 6.45) is 2.65. The number of carbonyl (C=O) groups is 2. The van der Waals surface area contributed by atoms with Crippen LogP contribution >= 0.6 is 11.3 Å². The summed E-state index contributed by atoms with van der Waals surface area (Å²) in [5.74, 6) is -0.00940. The molecule has 0 aliphatic carbocycles. The zero-order valence-corrected chi connectivity index (χ0v) is 16.7. The fraction of sp³-hybridized carbons (Fsp3) is 0.429. The number of hydrogen-bond donors (Lipinski definition) is 2. The van der Waals surface area contributed by atoms with Gasteiger partial charge in [0.05, 0.1) is 10.4 Å². The van der Waals surface area contributed by atoms with Gasteiger partial charge in [-0.05, 0) is 49.8 Å². The lowest BCUT2D eigenvalue weighted by molar-refractivity contribution is 0.0931. The number of amides is 2. The smallest absolute Gasteiger partial charge is 0.261 e. The summed E-state index contributed by atoms with van der Waals surface area (Å²) >= 11 is 1.46. The first-order valence-electron chi connectivity index (χ1n) is 9.57. The van der Waals surface area contributed by atoms with E-state index in [4.69, 9.17) is 0 Å². The van der Waals surface area contributed by atoms with Crippen molar-refractivity contribution in [1.82, 2.24) is 10.6 Å². The molecule has 1 aliphatic rings. The van der Waals surface area contributed by atoms with E-state index in [9.17, 15) is 9.59 Å². The molecule has 144 valence electrons. The van der Waals surface area contributed by atoms with Crippen LogP contribution in [-0.2, 0) is 0 Å². The maximum absolute atomic E-state index is 12.6. The Labute approximate surface area is 164 Å². The Balaban J connectivity index is 1.61. The highest BCUT2D eigenvalue weighted by Crippen LogP contribution is 2.25. The number of rotatable bonds is 6. The average molecular weight is 386 g/mol. The van der Waals surface area contributed by atoms with Crippen molar-refractivity contribution >= 4 is 28.8 Å².